The minimum atomic E-state index is -0.348. The van der Waals surface area contributed by atoms with Crippen LogP contribution in [-0.4, -0.2) is 27.2 Å². The summed E-state index contributed by atoms with van der Waals surface area (Å²) in [6.45, 7) is 2.58. The van der Waals surface area contributed by atoms with Gasteiger partial charge in [-0.2, -0.15) is 5.10 Å². The van der Waals surface area contributed by atoms with Gasteiger partial charge in [-0.1, -0.05) is 25.6 Å². The average molecular weight is 268 g/mol. The van der Waals surface area contributed by atoms with Crippen molar-refractivity contribution in [3.63, 3.8) is 0 Å². The van der Waals surface area contributed by atoms with Gasteiger partial charge in [0.05, 0.1) is 17.1 Å². The molecule has 0 bridgehead atoms. The fraction of sp³-hybridized carbons (Fsp3) is 0.583. The summed E-state index contributed by atoms with van der Waals surface area (Å²) in [5, 5.41) is 6.93. The normalized spacial score (nSPS) is 12.1. The number of aryl methyl sites for hydroxylation is 1. The second kappa shape index (κ2) is 7.10. The quantitative estimate of drug-likeness (QED) is 0.717. The predicted octanol–water partition coefficient (Wildman–Crippen LogP) is 0.781. The summed E-state index contributed by atoms with van der Waals surface area (Å²) in [7, 11) is 1.87. The summed E-state index contributed by atoms with van der Waals surface area (Å²) in [5.74, 6) is -0.424. The molecule has 5 nitrogen and oxygen atoms in total. The standard InChI is InChI=1S/C12H20N4OS/c1-3-4-10(11(13)18)12(17)14-6-5-9-7-15-16(2)8-9/h7-8,10H,3-6H2,1-2H3,(H2,13,18)(H,14,17). The number of nitrogens with zero attached hydrogens (tertiary/aromatic N) is 2. The molecule has 6 heteroatoms. The zero-order chi connectivity index (χ0) is 13.5. The monoisotopic (exact) mass is 268 g/mol. The maximum atomic E-state index is 11.9. The smallest absolute Gasteiger partial charge is 0.229 e. The SMILES string of the molecule is CCCC(C(=O)NCCc1cnn(C)c1)C(N)=S. The van der Waals surface area contributed by atoms with Crippen molar-refractivity contribution in [1.29, 1.82) is 0 Å². The van der Waals surface area contributed by atoms with Gasteiger partial charge in [-0.25, -0.2) is 0 Å². The molecule has 0 radical (unpaired) electrons. The summed E-state index contributed by atoms with van der Waals surface area (Å²) in [6, 6.07) is 0. The summed E-state index contributed by atoms with van der Waals surface area (Å²) < 4.78 is 1.74. The zero-order valence-electron chi connectivity index (χ0n) is 10.8. The first-order valence-corrected chi connectivity index (χ1v) is 6.50. The van der Waals surface area contributed by atoms with Crippen molar-refractivity contribution in [3.8, 4) is 0 Å². The first kappa shape index (κ1) is 14.6. The molecule has 1 heterocycles. The van der Waals surface area contributed by atoms with Gasteiger partial charge < -0.3 is 11.1 Å². The van der Waals surface area contributed by atoms with Gasteiger partial charge in [-0.05, 0) is 18.4 Å². The Labute approximate surface area is 113 Å². The van der Waals surface area contributed by atoms with Gasteiger partial charge in [0.25, 0.3) is 0 Å². The Morgan fingerprint density at radius 3 is 2.89 bits per heavy atom. The van der Waals surface area contributed by atoms with E-state index in [1.165, 1.54) is 0 Å². The fourth-order valence-corrected chi connectivity index (χ4v) is 1.97. The van der Waals surface area contributed by atoms with Crippen LogP contribution in [0.4, 0.5) is 0 Å². The van der Waals surface area contributed by atoms with Gasteiger partial charge in [0.2, 0.25) is 5.91 Å². The van der Waals surface area contributed by atoms with Crippen LogP contribution >= 0.6 is 12.2 Å². The predicted molar refractivity (Wildman–Crippen MR) is 75.1 cm³/mol. The van der Waals surface area contributed by atoms with E-state index in [2.05, 4.69) is 10.4 Å². The topological polar surface area (TPSA) is 72.9 Å². The van der Waals surface area contributed by atoms with Crippen molar-refractivity contribution in [1.82, 2.24) is 15.1 Å². The third-order valence-electron chi connectivity index (χ3n) is 2.71. The maximum absolute atomic E-state index is 11.9. The molecule has 0 aromatic carbocycles. The molecule has 3 N–H and O–H groups in total. The Balaban J connectivity index is 2.37. The number of nitrogens with one attached hydrogen (secondary N) is 1. The third kappa shape index (κ3) is 4.44. The van der Waals surface area contributed by atoms with Gasteiger partial charge in [-0.3, -0.25) is 9.48 Å². The van der Waals surface area contributed by atoms with Gasteiger partial charge in [0.15, 0.2) is 0 Å². The van der Waals surface area contributed by atoms with Crippen LogP contribution in [0, 0.1) is 5.92 Å². The first-order valence-electron chi connectivity index (χ1n) is 6.09. The van der Waals surface area contributed by atoms with E-state index in [4.69, 9.17) is 18.0 Å². The number of carbonyl (C=O) groups is 1. The van der Waals surface area contributed by atoms with E-state index in [9.17, 15) is 4.79 Å². The summed E-state index contributed by atoms with van der Waals surface area (Å²) in [5.41, 5.74) is 6.66. The number of amides is 1. The van der Waals surface area contributed by atoms with Gasteiger partial charge in [-0.15, -0.1) is 0 Å². The molecular weight excluding hydrogens is 248 g/mol. The molecule has 1 rings (SSSR count). The van der Waals surface area contributed by atoms with E-state index >= 15 is 0 Å². The second-order valence-electron chi connectivity index (χ2n) is 4.31. The van der Waals surface area contributed by atoms with Crippen LogP contribution < -0.4 is 11.1 Å². The Hall–Kier alpha value is -1.43. The molecule has 0 aliphatic carbocycles. The summed E-state index contributed by atoms with van der Waals surface area (Å²) in [6.07, 6.45) is 6.08. The Kier molecular flexibility index (Phi) is 5.77. The van der Waals surface area contributed by atoms with Gasteiger partial charge in [0, 0.05) is 19.8 Å². The minimum absolute atomic E-state index is 0.0757. The largest absolute Gasteiger partial charge is 0.393 e. The minimum Gasteiger partial charge on any atom is -0.393 e. The van der Waals surface area contributed by atoms with Crippen molar-refractivity contribution >= 4 is 23.1 Å². The van der Waals surface area contributed by atoms with Crippen molar-refractivity contribution in [3.05, 3.63) is 18.0 Å². The van der Waals surface area contributed by atoms with Crippen LogP contribution in [-0.2, 0) is 18.3 Å². The number of rotatable bonds is 7. The molecule has 0 aliphatic rings. The number of hydrogen-bond donors (Lipinski definition) is 2. The summed E-state index contributed by atoms with van der Waals surface area (Å²) >= 11 is 4.91. The van der Waals surface area contributed by atoms with Crippen LogP contribution in [0.5, 0.6) is 0 Å². The van der Waals surface area contributed by atoms with E-state index in [1.54, 1.807) is 10.9 Å². The molecule has 18 heavy (non-hydrogen) atoms. The van der Waals surface area contributed by atoms with Crippen molar-refractivity contribution in [2.45, 2.75) is 26.2 Å². The van der Waals surface area contributed by atoms with E-state index in [0.717, 1.165) is 18.4 Å². The van der Waals surface area contributed by atoms with Gasteiger partial charge in [0.1, 0.15) is 0 Å². The van der Waals surface area contributed by atoms with Crippen molar-refractivity contribution in [2.75, 3.05) is 6.54 Å². The number of hydrogen-bond acceptors (Lipinski definition) is 3. The summed E-state index contributed by atoms with van der Waals surface area (Å²) in [4.78, 5) is 12.1. The molecular formula is C12H20N4OS. The molecule has 1 amide bonds. The van der Waals surface area contributed by atoms with Crippen LogP contribution in [0.1, 0.15) is 25.3 Å². The maximum Gasteiger partial charge on any atom is 0.229 e. The molecule has 100 valence electrons. The highest BCUT2D eigenvalue weighted by atomic mass is 32.1. The zero-order valence-corrected chi connectivity index (χ0v) is 11.7. The lowest BCUT2D eigenvalue weighted by molar-refractivity contribution is -0.123. The van der Waals surface area contributed by atoms with Crippen molar-refractivity contribution in [2.24, 2.45) is 18.7 Å². The Morgan fingerprint density at radius 2 is 2.39 bits per heavy atom. The molecule has 1 aromatic rings. The van der Waals surface area contributed by atoms with Crippen LogP contribution in [0.3, 0.4) is 0 Å². The highest BCUT2D eigenvalue weighted by Gasteiger charge is 2.19. The molecule has 0 spiro atoms. The number of aromatic nitrogens is 2. The van der Waals surface area contributed by atoms with Crippen LogP contribution in [0.25, 0.3) is 0 Å². The molecule has 1 atom stereocenters. The molecule has 1 aromatic heterocycles. The van der Waals surface area contributed by atoms with E-state index < -0.39 is 0 Å². The Morgan fingerprint density at radius 1 is 1.67 bits per heavy atom. The number of carbonyl (C=O) groups excluding carboxylic acids is 1. The van der Waals surface area contributed by atoms with E-state index in [0.29, 0.717) is 13.0 Å². The van der Waals surface area contributed by atoms with Gasteiger partial charge >= 0.3 is 0 Å². The highest BCUT2D eigenvalue weighted by molar-refractivity contribution is 7.80. The van der Waals surface area contributed by atoms with E-state index in [-0.39, 0.29) is 16.8 Å². The molecule has 0 saturated carbocycles. The lowest BCUT2D eigenvalue weighted by atomic mass is 10.0. The molecule has 1 unspecified atom stereocenters. The molecule has 0 fully saturated rings. The molecule has 0 aliphatic heterocycles. The lowest BCUT2D eigenvalue weighted by Crippen LogP contribution is -2.38. The van der Waals surface area contributed by atoms with Crippen LogP contribution in [0.2, 0.25) is 0 Å². The number of thiocarbonyl (C=S) groups is 1. The molecule has 0 saturated heterocycles. The second-order valence-corrected chi connectivity index (χ2v) is 4.78. The lowest BCUT2D eigenvalue weighted by Gasteiger charge is -2.14. The fourth-order valence-electron chi connectivity index (χ4n) is 1.75. The van der Waals surface area contributed by atoms with E-state index in [1.807, 2.05) is 20.2 Å². The van der Waals surface area contributed by atoms with Crippen LogP contribution in [0.15, 0.2) is 12.4 Å². The average Bonchev–Trinajstić information content (AvgIpc) is 2.71. The van der Waals surface area contributed by atoms with Crippen molar-refractivity contribution < 1.29 is 4.79 Å². The third-order valence-corrected chi connectivity index (χ3v) is 2.99. The Bertz CT molecular complexity index is 416. The highest BCUT2D eigenvalue weighted by Crippen LogP contribution is 2.07. The number of nitrogens with two attached hydrogens (primary N) is 1. The first-order chi connectivity index (χ1) is 8.54.